The second-order valence-electron chi connectivity index (χ2n) is 6.22. The first-order valence-corrected chi connectivity index (χ1v) is 8.84. The third-order valence-electron chi connectivity index (χ3n) is 4.08. The van der Waals surface area contributed by atoms with Crippen molar-refractivity contribution in [3.8, 4) is 5.75 Å². The number of alkyl halides is 6. The van der Waals surface area contributed by atoms with Crippen LogP contribution in [0.1, 0.15) is 24.5 Å². The van der Waals surface area contributed by atoms with Gasteiger partial charge in [-0.15, -0.1) is 0 Å². The molecule has 0 bridgehead atoms. The minimum absolute atomic E-state index is 0.0826. The minimum atomic E-state index is -4.68. The largest absolute Gasteiger partial charge is 0.555 e. The molecule has 0 unspecified atom stereocenters. The van der Waals surface area contributed by atoms with Crippen LogP contribution in [0.15, 0.2) is 48.5 Å². The maximum Gasteiger partial charge on any atom is 0.419 e. The van der Waals surface area contributed by atoms with Gasteiger partial charge in [0.1, 0.15) is 5.75 Å². The highest BCUT2D eigenvalue weighted by molar-refractivity contribution is 6.68. The van der Waals surface area contributed by atoms with Crippen LogP contribution >= 0.6 is 0 Å². The smallest absolute Gasteiger partial charge is 0.419 e. The fourth-order valence-electron chi connectivity index (χ4n) is 2.81. The van der Waals surface area contributed by atoms with Crippen molar-refractivity contribution in [3.05, 3.63) is 59.7 Å². The molecule has 0 aliphatic heterocycles. The fourth-order valence-corrected chi connectivity index (χ4v) is 2.81. The van der Waals surface area contributed by atoms with Gasteiger partial charge in [0.25, 0.3) is 0 Å². The maximum atomic E-state index is 13.4. The third kappa shape index (κ3) is 5.92. The highest BCUT2D eigenvalue weighted by atomic mass is 19.4. The Kier molecular flexibility index (Phi) is 7.40. The highest BCUT2D eigenvalue weighted by Crippen LogP contribution is 2.36. The van der Waals surface area contributed by atoms with Crippen LogP contribution in [0.4, 0.5) is 26.3 Å². The third-order valence-corrected chi connectivity index (χ3v) is 4.08. The van der Waals surface area contributed by atoms with Crippen LogP contribution in [-0.4, -0.2) is 20.0 Å². The van der Waals surface area contributed by atoms with Crippen molar-refractivity contribution in [2.24, 2.45) is 0 Å². The lowest BCUT2D eigenvalue weighted by Crippen LogP contribution is -2.43. The number of halogens is 6. The molecule has 152 valence electrons. The van der Waals surface area contributed by atoms with Crippen molar-refractivity contribution in [1.82, 2.24) is 5.32 Å². The highest BCUT2D eigenvalue weighted by Gasteiger charge is 2.39. The lowest BCUT2D eigenvalue weighted by Gasteiger charge is -2.22. The second kappa shape index (κ2) is 9.36. The van der Waals surface area contributed by atoms with E-state index in [9.17, 15) is 26.3 Å². The summed E-state index contributed by atoms with van der Waals surface area (Å²) in [5.74, 6) is -0.493. The van der Waals surface area contributed by atoms with E-state index in [4.69, 9.17) is 4.65 Å². The van der Waals surface area contributed by atoms with E-state index in [-0.39, 0.29) is 11.8 Å². The summed E-state index contributed by atoms with van der Waals surface area (Å²) in [5.41, 5.74) is -2.13. The lowest BCUT2D eigenvalue weighted by molar-refractivity contribution is -0.139. The van der Waals surface area contributed by atoms with Crippen molar-refractivity contribution in [1.29, 1.82) is 0 Å². The lowest BCUT2D eigenvalue weighted by atomic mass is 9.56. The first kappa shape index (κ1) is 22.1. The van der Waals surface area contributed by atoms with Gasteiger partial charge in [-0.2, -0.15) is 26.3 Å². The molecule has 0 amide bonds. The molecule has 0 atom stereocenters. The fraction of sp³-hybridized carbons (Fsp3) is 0.368. The SMILES string of the molecule is CCCNCCB(Oc1ccccc1C(F)(F)F)c1ccccc1C(F)(F)F. The Bertz CT molecular complexity index is 763. The van der Waals surface area contributed by atoms with E-state index in [1.807, 2.05) is 6.92 Å². The minimum Gasteiger partial charge on any atom is -0.555 e. The first-order valence-electron chi connectivity index (χ1n) is 8.84. The van der Waals surface area contributed by atoms with E-state index in [1.54, 1.807) is 0 Å². The van der Waals surface area contributed by atoms with Crippen LogP contribution in [-0.2, 0) is 12.4 Å². The van der Waals surface area contributed by atoms with Gasteiger partial charge in [-0.3, -0.25) is 0 Å². The molecular formula is C19H20BF6NO. The molecule has 0 heterocycles. The van der Waals surface area contributed by atoms with Gasteiger partial charge in [-0.05, 0) is 43.4 Å². The van der Waals surface area contributed by atoms with Gasteiger partial charge in [-0.1, -0.05) is 43.3 Å². The van der Waals surface area contributed by atoms with Crippen molar-refractivity contribution in [2.75, 3.05) is 13.1 Å². The number of hydrogen-bond acceptors (Lipinski definition) is 2. The van der Waals surface area contributed by atoms with Gasteiger partial charge in [0.15, 0.2) is 0 Å². The molecule has 2 rings (SSSR count). The monoisotopic (exact) mass is 403 g/mol. The molecule has 0 aliphatic carbocycles. The molecule has 0 aromatic heterocycles. The zero-order valence-corrected chi connectivity index (χ0v) is 15.2. The molecule has 0 fully saturated rings. The normalized spacial score (nSPS) is 12.1. The predicted molar refractivity (Wildman–Crippen MR) is 96.9 cm³/mol. The van der Waals surface area contributed by atoms with E-state index in [0.29, 0.717) is 13.1 Å². The Hall–Kier alpha value is -2.16. The molecule has 0 aliphatic rings. The van der Waals surface area contributed by atoms with E-state index < -0.39 is 36.1 Å². The van der Waals surface area contributed by atoms with Crippen molar-refractivity contribution in [2.45, 2.75) is 32.0 Å². The van der Waals surface area contributed by atoms with E-state index in [0.717, 1.165) is 24.6 Å². The van der Waals surface area contributed by atoms with E-state index in [1.165, 1.54) is 30.3 Å². The molecule has 1 N–H and O–H groups in total. The number of rotatable bonds is 8. The summed E-state index contributed by atoms with van der Waals surface area (Å²) >= 11 is 0. The van der Waals surface area contributed by atoms with Gasteiger partial charge in [0.05, 0.1) is 11.1 Å². The molecule has 0 saturated carbocycles. The maximum absolute atomic E-state index is 13.4. The Morgan fingerprint density at radius 2 is 1.39 bits per heavy atom. The van der Waals surface area contributed by atoms with Crippen LogP contribution in [0.5, 0.6) is 5.75 Å². The van der Waals surface area contributed by atoms with Gasteiger partial charge in [0, 0.05) is 0 Å². The zero-order valence-electron chi connectivity index (χ0n) is 15.2. The average molecular weight is 403 g/mol. The standard InChI is InChI=1S/C19H20BF6NO/c1-2-12-27-13-11-20(16-9-5-3-7-14(16)18(21,22)23)28-17-10-6-4-8-15(17)19(24,25)26/h3-10,27H,2,11-13H2,1H3. The first-order chi connectivity index (χ1) is 13.1. The van der Waals surface area contributed by atoms with Crippen molar-refractivity contribution in [3.63, 3.8) is 0 Å². The number of hydrogen-bond donors (Lipinski definition) is 1. The molecular weight excluding hydrogens is 383 g/mol. The Balaban J connectivity index is 2.40. The van der Waals surface area contributed by atoms with Gasteiger partial charge in [0.2, 0.25) is 0 Å². The molecule has 0 saturated heterocycles. The molecule has 0 radical (unpaired) electrons. The van der Waals surface area contributed by atoms with Gasteiger partial charge in [-0.25, -0.2) is 0 Å². The molecule has 9 heteroatoms. The summed E-state index contributed by atoms with van der Waals surface area (Å²) in [6.07, 6.45) is -8.41. The van der Waals surface area contributed by atoms with Gasteiger partial charge < -0.3 is 9.97 Å². The van der Waals surface area contributed by atoms with Crippen LogP contribution in [0, 0.1) is 0 Å². The summed E-state index contributed by atoms with van der Waals surface area (Å²) < 4.78 is 85.5. The predicted octanol–water partition coefficient (Wildman–Crippen LogP) is 5.00. The Morgan fingerprint density at radius 3 is 2.00 bits per heavy atom. The summed E-state index contributed by atoms with van der Waals surface area (Å²) in [4.78, 5) is 0. The summed E-state index contributed by atoms with van der Waals surface area (Å²) in [5, 5.41) is 3.04. The summed E-state index contributed by atoms with van der Waals surface area (Å²) in [6.45, 7) is 1.69. The quantitative estimate of drug-likeness (QED) is 0.381. The Morgan fingerprint density at radius 1 is 0.821 bits per heavy atom. The number of benzene rings is 2. The van der Waals surface area contributed by atoms with Crippen LogP contribution in [0.3, 0.4) is 0 Å². The van der Waals surface area contributed by atoms with Crippen molar-refractivity contribution < 1.29 is 31.0 Å². The molecule has 2 aromatic carbocycles. The van der Waals surface area contributed by atoms with Crippen LogP contribution < -0.4 is 15.4 Å². The van der Waals surface area contributed by atoms with Crippen molar-refractivity contribution >= 4 is 12.4 Å². The van der Waals surface area contributed by atoms with E-state index in [2.05, 4.69) is 5.32 Å². The van der Waals surface area contributed by atoms with Gasteiger partial charge >= 0.3 is 19.3 Å². The topological polar surface area (TPSA) is 21.3 Å². The number of para-hydroxylation sites is 1. The molecule has 2 nitrogen and oxygen atoms in total. The molecule has 2 aromatic rings. The second-order valence-corrected chi connectivity index (χ2v) is 6.22. The summed E-state index contributed by atoms with van der Waals surface area (Å²) in [6, 6.07) is 9.31. The summed E-state index contributed by atoms with van der Waals surface area (Å²) in [7, 11) is 0. The zero-order chi connectivity index (χ0) is 20.8. The molecule has 0 spiro atoms. The Labute approximate surface area is 160 Å². The number of nitrogens with one attached hydrogen (secondary N) is 1. The van der Waals surface area contributed by atoms with E-state index >= 15 is 0 Å². The van der Waals surface area contributed by atoms with Crippen LogP contribution in [0.2, 0.25) is 6.32 Å². The molecule has 28 heavy (non-hydrogen) atoms. The average Bonchev–Trinajstić information content (AvgIpc) is 2.63. The van der Waals surface area contributed by atoms with Crippen LogP contribution in [0.25, 0.3) is 0 Å².